The molecule has 1 unspecified atom stereocenters. The van der Waals surface area contributed by atoms with Crippen LogP contribution in [0.4, 0.5) is 0 Å². The fourth-order valence-electron chi connectivity index (χ4n) is 2.30. The zero-order valence-electron chi connectivity index (χ0n) is 11.5. The molecular formula is C13H22N4O2. The van der Waals surface area contributed by atoms with Crippen LogP contribution in [-0.4, -0.2) is 40.4 Å². The Morgan fingerprint density at radius 1 is 1.63 bits per heavy atom. The van der Waals surface area contributed by atoms with Gasteiger partial charge in [-0.15, -0.1) is 10.2 Å². The predicted molar refractivity (Wildman–Crippen MR) is 70.5 cm³/mol. The molecule has 0 bridgehead atoms. The SMILES string of the molecule is Cn1cnnc1CCC(=O)NCCC1CCCOC1. The van der Waals surface area contributed by atoms with E-state index in [1.807, 2.05) is 11.6 Å². The monoisotopic (exact) mass is 266 g/mol. The summed E-state index contributed by atoms with van der Waals surface area (Å²) in [6, 6.07) is 0. The first-order valence-corrected chi connectivity index (χ1v) is 6.93. The second-order valence-corrected chi connectivity index (χ2v) is 5.08. The summed E-state index contributed by atoms with van der Waals surface area (Å²) in [5.74, 6) is 1.53. The predicted octanol–water partition coefficient (Wildman–Crippen LogP) is 0.681. The second-order valence-electron chi connectivity index (χ2n) is 5.08. The van der Waals surface area contributed by atoms with E-state index < -0.39 is 0 Å². The molecule has 2 rings (SSSR count). The summed E-state index contributed by atoms with van der Waals surface area (Å²) >= 11 is 0. The van der Waals surface area contributed by atoms with Crippen LogP contribution < -0.4 is 5.32 Å². The molecule has 1 aromatic rings. The van der Waals surface area contributed by atoms with Crippen LogP contribution in [0.5, 0.6) is 0 Å². The van der Waals surface area contributed by atoms with E-state index in [4.69, 9.17) is 4.74 Å². The van der Waals surface area contributed by atoms with Crippen molar-refractivity contribution in [3.63, 3.8) is 0 Å². The maximum atomic E-state index is 11.7. The molecule has 1 aliphatic heterocycles. The molecule has 0 radical (unpaired) electrons. The number of carbonyl (C=O) groups excluding carboxylic acids is 1. The number of ether oxygens (including phenoxy) is 1. The van der Waals surface area contributed by atoms with Crippen LogP contribution in [0.15, 0.2) is 6.33 Å². The maximum Gasteiger partial charge on any atom is 0.220 e. The molecule has 106 valence electrons. The van der Waals surface area contributed by atoms with Gasteiger partial charge in [-0.25, -0.2) is 0 Å². The Hall–Kier alpha value is -1.43. The zero-order valence-corrected chi connectivity index (χ0v) is 11.5. The molecule has 6 heteroatoms. The minimum absolute atomic E-state index is 0.0831. The van der Waals surface area contributed by atoms with Crippen molar-refractivity contribution < 1.29 is 9.53 Å². The minimum atomic E-state index is 0.0831. The smallest absolute Gasteiger partial charge is 0.220 e. The zero-order chi connectivity index (χ0) is 13.5. The van der Waals surface area contributed by atoms with Crippen LogP contribution >= 0.6 is 0 Å². The average Bonchev–Trinajstić information content (AvgIpc) is 2.83. The lowest BCUT2D eigenvalue weighted by Crippen LogP contribution is -2.28. The number of nitrogens with zero attached hydrogens (tertiary/aromatic N) is 3. The van der Waals surface area contributed by atoms with E-state index in [9.17, 15) is 4.79 Å². The van der Waals surface area contributed by atoms with E-state index in [0.29, 0.717) is 18.8 Å². The van der Waals surface area contributed by atoms with Crippen molar-refractivity contribution in [3.05, 3.63) is 12.2 Å². The highest BCUT2D eigenvalue weighted by molar-refractivity contribution is 5.75. The number of aryl methyl sites for hydroxylation is 2. The van der Waals surface area contributed by atoms with E-state index in [1.165, 1.54) is 6.42 Å². The van der Waals surface area contributed by atoms with E-state index in [0.717, 1.165) is 38.4 Å². The van der Waals surface area contributed by atoms with Crippen molar-refractivity contribution in [2.24, 2.45) is 13.0 Å². The molecule has 0 aliphatic carbocycles. The summed E-state index contributed by atoms with van der Waals surface area (Å²) < 4.78 is 7.26. The highest BCUT2D eigenvalue weighted by Gasteiger charge is 2.13. The number of aromatic nitrogens is 3. The van der Waals surface area contributed by atoms with Gasteiger partial charge in [0.05, 0.1) is 0 Å². The molecule has 1 saturated heterocycles. The Morgan fingerprint density at radius 2 is 2.53 bits per heavy atom. The van der Waals surface area contributed by atoms with E-state index in [1.54, 1.807) is 6.33 Å². The third-order valence-corrected chi connectivity index (χ3v) is 3.51. The largest absolute Gasteiger partial charge is 0.381 e. The van der Waals surface area contributed by atoms with Gasteiger partial charge in [0.25, 0.3) is 0 Å². The number of hydrogen-bond donors (Lipinski definition) is 1. The van der Waals surface area contributed by atoms with Crippen LogP contribution in [0.3, 0.4) is 0 Å². The third-order valence-electron chi connectivity index (χ3n) is 3.51. The van der Waals surface area contributed by atoms with Gasteiger partial charge in [-0.2, -0.15) is 0 Å². The van der Waals surface area contributed by atoms with Gasteiger partial charge in [0.2, 0.25) is 5.91 Å². The summed E-state index contributed by atoms with van der Waals surface area (Å²) in [6.07, 6.45) is 6.12. The first-order chi connectivity index (χ1) is 9.25. The Bertz CT molecular complexity index is 399. The van der Waals surface area contributed by atoms with Crippen LogP contribution in [0, 0.1) is 5.92 Å². The first kappa shape index (κ1) is 14.0. The average molecular weight is 266 g/mol. The molecule has 1 N–H and O–H groups in total. The molecule has 0 aromatic carbocycles. The van der Waals surface area contributed by atoms with Gasteiger partial charge >= 0.3 is 0 Å². The molecule has 6 nitrogen and oxygen atoms in total. The summed E-state index contributed by atoms with van der Waals surface area (Å²) in [6.45, 7) is 2.47. The van der Waals surface area contributed by atoms with Gasteiger partial charge in [-0.05, 0) is 25.2 Å². The number of hydrogen-bond acceptors (Lipinski definition) is 4. The third kappa shape index (κ3) is 4.63. The topological polar surface area (TPSA) is 69.0 Å². The molecule has 1 atom stereocenters. The first-order valence-electron chi connectivity index (χ1n) is 6.93. The van der Waals surface area contributed by atoms with Crippen LogP contribution in [0.1, 0.15) is 31.5 Å². The molecule has 2 heterocycles. The molecule has 1 fully saturated rings. The lowest BCUT2D eigenvalue weighted by atomic mass is 9.99. The van der Waals surface area contributed by atoms with Crippen molar-refractivity contribution in [1.29, 1.82) is 0 Å². The number of carbonyl (C=O) groups is 1. The summed E-state index contributed by atoms with van der Waals surface area (Å²) in [4.78, 5) is 11.7. The van der Waals surface area contributed by atoms with Crippen LogP contribution in [0.25, 0.3) is 0 Å². The van der Waals surface area contributed by atoms with Gasteiger partial charge in [0.1, 0.15) is 12.2 Å². The number of nitrogens with one attached hydrogen (secondary N) is 1. The Kier molecular flexibility index (Phi) is 5.32. The molecule has 1 aliphatic rings. The Morgan fingerprint density at radius 3 is 3.21 bits per heavy atom. The summed E-state index contributed by atoms with van der Waals surface area (Å²) in [5, 5.41) is 10.7. The molecule has 1 aromatic heterocycles. The van der Waals surface area contributed by atoms with Gasteiger partial charge in [0.15, 0.2) is 0 Å². The van der Waals surface area contributed by atoms with E-state index in [-0.39, 0.29) is 5.91 Å². The van der Waals surface area contributed by atoms with Crippen molar-refractivity contribution in [1.82, 2.24) is 20.1 Å². The number of rotatable bonds is 6. The fraction of sp³-hybridized carbons (Fsp3) is 0.769. The van der Waals surface area contributed by atoms with Gasteiger partial charge in [-0.3, -0.25) is 4.79 Å². The van der Waals surface area contributed by atoms with Crippen molar-refractivity contribution >= 4 is 5.91 Å². The summed E-state index contributed by atoms with van der Waals surface area (Å²) in [7, 11) is 1.89. The molecule has 0 saturated carbocycles. The van der Waals surface area contributed by atoms with Crippen molar-refractivity contribution in [2.45, 2.75) is 32.1 Å². The van der Waals surface area contributed by atoms with Crippen LogP contribution in [0.2, 0.25) is 0 Å². The second kappa shape index (κ2) is 7.23. The molecule has 1 amide bonds. The Labute approximate surface area is 113 Å². The van der Waals surface area contributed by atoms with Gasteiger partial charge in [0, 0.05) is 39.6 Å². The van der Waals surface area contributed by atoms with E-state index >= 15 is 0 Å². The van der Waals surface area contributed by atoms with Crippen molar-refractivity contribution in [2.75, 3.05) is 19.8 Å². The lowest BCUT2D eigenvalue weighted by molar-refractivity contribution is -0.121. The van der Waals surface area contributed by atoms with Crippen LogP contribution in [-0.2, 0) is 23.0 Å². The highest BCUT2D eigenvalue weighted by Crippen LogP contribution is 2.16. The highest BCUT2D eigenvalue weighted by atomic mass is 16.5. The standard InChI is InChI=1S/C13H22N4O2/c1-17-10-15-16-12(17)4-5-13(18)14-7-6-11-3-2-8-19-9-11/h10-11H,2-9H2,1H3,(H,14,18). The lowest BCUT2D eigenvalue weighted by Gasteiger charge is -2.21. The fourth-order valence-corrected chi connectivity index (χ4v) is 2.30. The molecule has 0 spiro atoms. The normalized spacial score (nSPS) is 19.3. The molecular weight excluding hydrogens is 244 g/mol. The van der Waals surface area contributed by atoms with Crippen molar-refractivity contribution in [3.8, 4) is 0 Å². The van der Waals surface area contributed by atoms with Gasteiger partial charge < -0.3 is 14.6 Å². The van der Waals surface area contributed by atoms with E-state index in [2.05, 4.69) is 15.5 Å². The van der Waals surface area contributed by atoms with Gasteiger partial charge in [-0.1, -0.05) is 0 Å². The molecule has 19 heavy (non-hydrogen) atoms. The quantitative estimate of drug-likeness (QED) is 0.822. The summed E-state index contributed by atoms with van der Waals surface area (Å²) in [5.41, 5.74) is 0. The Balaban J connectivity index is 1.58. The minimum Gasteiger partial charge on any atom is -0.381 e. The maximum absolute atomic E-state index is 11.7. The number of amides is 1.